The van der Waals surface area contributed by atoms with E-state index >= 15 is 0 Å². The number of phenolic OH excluding ortho intramolecular Hbond substituents is 1. The molecule has 0 radical (unpaired) electrons. The molecular weight excluding hydrogens is 408 g/mol. The van der Waals surface area contributed by atoms with E-state index in [0.717, 1.165) is 19.6 Å². The molecule has 0 aliphatic carbocycles. The summed E-state index contributed by atoms with van der Waals surface area (Å²) in [6, 6.07) is 2.34. The second kappa shape index (κ2) is 13.9. The van der Waals surface area contributed by atoms with Crippen LogP contribution in [-0.2, 0) is 11.2 Å². The monoisotopic (exact) mass is 436 g/mol. The third kappa shape index (κ3) is 8.95. The average molecular weight is 436 g/mol. The van der Waals surface area contributed by atoms with Crippen LogP contribution in [0.15, 0.2) is 97.4 Å². The third-order valence-corrected chi connectivity index (χ3v) is 4.00. The number of halogens is 4. The first kappa shape index (κ1) is 27.7. The molecule has 0 saturated carbocycles. The normalized spacial score (nSPS) is 11.2. The van der Waals surface area contributed by atoms with Crippen molar-refractivity contribution in [2.45, 2.75) is 26.2 Å². The van der Waals surface area contributed by atoms with Gasteiger partial charge in [-0.25, -0.2) is 8.78 Å². The molecule has 1 aromatic rings. The maximum absolute atomic E-state index is 13.9. The van der Waals surface area contributed by atoms with Crippen LogP contribution in [0.2, 0.25) is 0 Å². The molecule has 0 bridgehead atoms. The number of hydrogen-bond donors (Lipinski definition) is 1. The molecule has 31 heavy (non-hydrogen) atoms. The van der Waals surface area contributed by atoms with Crippen LogP contribution in [0.1, 0.15) is 25.3 Å². The molecule has 1 N–H and O–H groups in total. The molecule has 1 aromatic carbocycles. The van der Waals surface area contributed by atoms with E-state index in [1.807, 2.05) is 6.08 Å². The molecule has 0 spiro atoms. The number of aromatic hydroxyl groups is 1. The van der Waals surface area contributed by atoms with Crippen molar-refractivity contribution in [3.05, 3.63) is 115 Å². The highest BCUT2D eigenvalue weighted by Gasteiger charge is 2.15. The summed E-state index contributed by atoms with van der Waals surface area (Å²) >= 11 is 0. The van der Waals surface area contributed by atoms with E-state index in [9.17, 15) is 17.6 Å². The summed E-state index contributed by atoms with van der Waals surface area (Å²) in [5.74, 6) is -6.18. The molecule has 0 aromatic heterocycles. The molecule has 0 heterocycles. The largest absolute Gasteiger partial charge is 0.505 e. The van der Waals surface area contributed by atoms with Crippen molar-refractivity contribution in [2.75, 3.05) is 7.11 Å². The average Bonchev–Trinajstić information content (AvgIpc) is 2.78. The van der Waals surface area contributed by atoms with E-state index in [-0.39, 0.29) is 29.6 Å². The lowest BCUT2D eigenvalue weighted by molar-refractivity contribution is 0.281. The zero-order valence-corrected chi connectivity index (χ0v) is 17.9. The Morgan fingerprint density at radius 1 is 1.03 bits per heavy atom. The van der Waals surface area contributed by atoms with Gasteiger partial charge in [-0.15, -0.1) is 6.58 Å². The van der Waals surface area contributed by atoms with Gasteiger partial charge in [0, 0.05) is 5.57 Å². The highest BCUT2D eigenvalue weighted by molar-refractivity contribution is 5.49. The Morgan fingerprint density at radius 2 is 1.61 bits per heavy atom. The van der Waals surface area contributed by atoms with Crippen LogP contribution in [0.4, 0.5) is 17.6 Å². The zero-order chi connectivity index (χ0) is 24.1. The first-order valence-electron chi connectivity index (χ1n) is 9.31. The number of methoxy groups -OCH3 is 1. The van der Waals surface area contributed by atoms with Crippen molar-refractivity contribution < 1.29 is 27.4 Å². The van der Waals surface area contributed by atoms with Crippen LogP contribution >= 0.6 is 0 Å². The number of hydrogen-bond acceptors (Lipinski definition) is 2. The van der Waals surface area contributed by atoms with Crippen LogP contribution in [0.25, 0.3) is 0 Å². The molecular formula is C25H28F4O2. The number of aryl methyl sites for hydroxylation is 1. The summed E-state index contributed by atoms with van der Waals surface area (Å²) in [5.41, 5.74) is 0.399. The SMILES string of the molecule is C=C(/C=C\C(=C)C(=C)/C(F)=C(/F)C(=C)OC)CCc1ccc(O)c(F)c1F.C=CCC. The Bertz CT molecular complexity index is 908. The predicted octanol–water partition coefficient (Wildman–Crippen LogP) is 7.72. The van der Waals surface area contributed by atoms with Gasteiger partial charge in [0.25, 0.3) is 0 Å². The van der Waals surface area contributed by atoms with Crippen molar-refractivity contribution in [1.29, 1.82) is 0 Å². The molecule has 0 saturated heterocycles. The lowest BCUT2D eigenvalue weighted by Gasteiger charge is -2.07. The molecule has 168 valence electrons. The number of phenols is 1. The Kier molecular flexibility index (Phi) is 12.4. The maximum Gasteiger partial charge on any atom is 0.200 e. The quantitative estimate of drug-likeness (QED) is 0.176. The zero-order valence-electron chi connectivity index (χ0n) is 17.9. The Balaban J connectivity index is 0.00000206. The van der Waals surface area contributed by atoms with Crippen molar-refractivity contribution in [3.8, 4) is 5.75 Å². The molecule has 0 atom stereocenters. The molecule has 0 aliphatic rings. The summed E-state index contributed by atoms with van der Waals surface area (Å²) in [6.45, 7) is 19.5. The van der Waals surface area contributed by atoms with Gasteiger partial charge in [-0.05, 0) is 36.5 Å². The van der Waals surface area contributed by atoms with Crippen molar-refractivity contribution >= 4 is 0 Å². The molecule has 0 fully saturated rings. The number of ether oxygens (including phenoxy) is 1. The molecule has 0 amide bonds. The first-order valence-corrected chi connectivity index (χ1v) is 9.31. The minimum absolute atomic E-state index is 0.0808. The summed E-state index contributed by atoms with van der Waals surface area (Å²) in [5, 5.41) is 9.10. The smallest absolute Gasteiger partial charge is 0.200 e. The van der Waals surface area contributed by atoms with Crippen LogP contribution in [-0.4, -0.2) is 12.2 Å². The van der Waals surface area contributed by atoms with Crippen molar-refractivity contribution in [1.82, 2.24) is 0 Å². The molecule has 1 rings (SSSR count). The standard InChI is InChI=1S/C21H20F4O2.C4H8/c1-12(7-9-16-10-11-17(26)21(25)20(16)24)6-8-13(2)14(3)18(22)19(23)15(4)27-5;1-3-4-2/h6,8,10-11,26H,1-4,7,9H2,5H3;3H,1,4H2,2H3/b8-6-,19-18-;. The van der Waals surface area contributed by atoms with Gasteiger partial charge in [0.2, 0.25) is 11.6 Å². The first-order chi connectivity index (χ1) is 14.5. The summed E-state index contributed by atoms with van der Waals surface area (Å²) in [6.07, 6.45) is 6.22. The van der Waals surface area contributed by atoms with Crippen molar-refractivity contribution in [2.24, 2.45) is 0 Å². The lowest BCUT2D eigenvalue weighted by atomic mass is 10.0. The molecule has 0 aliphatic heterocycles. The van der Waals surface area contributed by atoms with Gasteiger partial charge in [0.15, 0.2) is 17.4 Å². The Hall–Kier alpha value is -3.28. The summed E-state index contributed by atoms with van der Waals surface area (Å²) < 4.78 is 59.1. The van der Waals surface area contributed by atoms with E-state index in [1.54, 1.807) is 0 Å². The van der Waals surface area contributed by atoms with Crippen molar-refractivity contribution in [3.63, 3.8) is 0 Å². The van der Waals surface area contributed by atoms with E-state index in [2.05, 4.69) is 44.6 Å². The van der Waals surface area contributed by atoms with Crippen LogP contribution < -0.4 is 0 Å². The van der Waals surface area contributed by atoms with E-state index in [1.165, 1.54) is 18.2 Å². The molecule has 2 nitrogen and oxygen atoms in total. The van der Waals surface area contributed by atoms with E-state index in [4.69, 9.17) is 5.11 Å². The minimum Gasteiger partial charge on any atom is -0.505 e. The molecule has 0 unspecified atom stereocenters. The third-order valence-electron chi connectivity index (χ3n) is 4.00. The maximum atomic E-state index is 13.9. The van der Waals surface area contributed by atoms with Gasteiger partial charge in [-0.3, -0.25) is 0 Å². The number of allylic oxidation sites excluding steroid dienone is 8. The minimum atomic E-state index is -1.31. The second-order valence-corrected chi connectivity index (χ2v) is 6.32. The Labute approximate surface area is 181 Å². The molecule has 6 heteroatoms. The van der Waals surface area contributed by atoms with Crippen LogP contribution in [0.3, 0.4) is 0 Å². The topological polar surface area (TPSA) is 29.5 Å². The van der Waals surface area contributed by atoms with Gasteiger partial charge in [-0.1, -0.05) is 63.1 Å². The van der Waals surface area contributed by atoms with Gasteiger partial charge >= 0.3 is 0 Å². The van der Waals surface area contributed by atoms with E-state index in [0.29, 0.717) is 5.57 Å². The van der Waals surface area contributed by atoms with E-state index < -0.39 is 34.8 Å². The number of rotatable bonds is 10. The summed E-state index contributed by atoms with van der Waals surface area (Å²) in [7, 11) is 1.15. The fourth-order valence-electron chi connectivity index (χ4n) is 1.96. The van der Waals surface area contributed by atoms with Gasteiger partial charge in [-0.2, -0.15) is 8.78 Å². The van der Waals surface area contributed by atoms with Crippen LogP contribution in [0, 0.1) is 11.6 Å². The highest BCUT2D eigenvalue weighted by Crippen LogP contribution is 2.27. The summed E-state index contributed by atoms with van der Waals surface area (Å²) in [4.78, 5) is 0. The van der Waals surface area contributed by atoms with Gasteiger partial charge < -0.3 is 9.84 Å². The number of benzene rings is 1. The Morgan fingerprint density at radius 3 is 2.13 bits per heavy atom. The van der Waals surface area contributed by atoms with Gasteiger partial charge in [0.1, 0.15) is 5.76 Å². The van der Waals surface area contributed by atoms with Crippen LogP contribution in [0.5, 0.6) is 5.75 Å². The van der Waals surface area contributed by atoms with Gasteiger partial charge in [0.05, 0.1) is 7.11 Å². The fourth-order valence-corrected chi connectivity index (χ4v) is 1.96. The predicted molar refractivity (Wildman–Crippen MR) is 119 cm³/mol. The second-order valence-electron chi connectivity index (χ2n) is 6.32. The highest BCUT2D eigenvalue weighted by atomic mass is 19.2. The lowest BCUT2D eigenvalue weighted by Crippen LogP contribution is -1.96. The fraction of sp³-hybridized carbons (Fsp3) is 0.200.